The van der Waals surface area contributed by atoms with Crippen LogP contribution < -0.4 is 5.32 Å². The molecule has 0 bridgehead atoms. The fraction of sp³-hybridized carbons (Fsp3) is 0.519. The van der Waals surface area contributed by atoms with Crippen LogP contribution in [0.25, 0.3) is 0 Å². The predicted octanol–water partition coefficient (Wildman–Crippen LogP) is 5.74. The van der Waals surface area contributed by atoms with E-state index >= 15 is 0 Å². The number of carbonyl (C=O) groups is 3. The number of nitrogens with one attached hydrogen (secondary N) is 1. The Hall–Kier alpha value is -2.30. The fourth-order valence-electron chi connectivity index (χ4n) is 3.49. The van der Waals surface area contributed by atoms with E-state index in [1.165, 1.54) is 29.7 Å². The standard InChI is InChI=1S/C27H36BrClN2O4/c1-21(12-14-23(20-29)10-5-4-8-17-28)9-6-7-11-25(32)30-18-16-24(35-3)19-27(34)31-22(2)13-15-26(31)33/h6,9,13,15,19-22H,4-5,7,10-12,14,16,18H2,1-3H3,(H,30,32)/b9-6+,23-20+,24-19+. The Balaban J connectivity index is 2.27. The van der Waals surface area contributed by atoms with Crippen molar-refractivity contribution in [3.8, 4) is 10.8 Å². The Morgan fingerprint density at radius 1 is 1.31 bits per heavy atom. The number of hydrogen-bond acceptors (Lipinski definition) is 4. The second-order valence-electron chi connectivity index (χ2n) is 8.44. The molecule has 0 aromatic heterocycles. The molecular formula is C27H36BrClN2O4. The molecule has 0 aliphatic carbocycles. The Labute approximate surface area is 223 Å². The van der Waals surface area contributed by atoms with Gasteiger partial charge in [-0.1, -0.05) is 48.2 Å². The summed E-state index contributed by atoms with van der Waals surface area (Å²) >= 11 is 9.05. The highest BCUT2D eigenvalue weighted by molar-refractivity contribution is 9.12. The molecular weight excluding hydrogens is 532 g/mol. The third-order valence-electron chi connectivity index (χ3n) is 5.58. The quantitative estimate of drug-likeness (QED) is 0.0900. The summed E-state index contributed by atoms with van der Waals surface area (Å²) in [6.45, 7) is 4.28. The van der Waals surface area contributed by atoms with Crippen LogP contribution in [-0.2, 0) is 19.1 Å². The number of carbonyl (C=O) groups excluding carboxylic acids is 3. The van der Waals surface area contributed by atoms with Gasteiger partial charge >= 0.3 is 0 Å². The highest BCUT2D eigenvalue weighted by Crippen LogP contribution is 2.19. The molecule has 1 N–H and O–H groups in total. The van der Waals surface area contributed by atoms with Gasteiger partial charge in [-0.25, -0.2) is 0 Å². The third kappa shape index (κ3) is 12.8. The van der Waals surface area contributed by atoms with Crippen LogP contribution in [0.3, 0.4) is 0 Å². The van der Waals surface area contributed by atoms with E-state index in [0.717, 1.165) is 32.1 Å². The van der Waals surface area contributed by atoms with Gasteiger partial charge in [0.2, 0.25) is 5.91 Å². The Morgan fingerprint density at radius 3 is 2.71 bits per heavy atom. The van der Waals surface area contributed by atoms with E-state index in [4.69, 9.17) is 16.3 Å². The molecule has 192 valence electrons. The molecule has 1 aliphatic heterocycles. The lowest BCUT2D eigenvalue weighted by atomic mass is 9.98. The highest BCUT2D eigenvalue weighted by Gasteiger charge is 2.27. The van der Waals surface area contributed by atoms with E-state index in [1.807, 2.05) is 6.08 Å². The van der Waals surface area contributed by atoms with Crippen molar-refractivity contribution in [2.45, 2.75) is 71.3 Å². The van der Waals surface area contributed by atoms with E-state index < -0.39 is 5.91 Å². The first-order valence-electron chi connectivity index (χ1n) is 11.9. The van der Waals surface area contributed by atoms with Crippen molar-refractivity contribution in [3.05, 3.63) is 47.2 Å². The summed E-state index contributed by atoms with van der Waals surface area (Å²) in [7, 11) is 1.46. The number of nitrogens with zero attached hydrogens (tertiary/aromatic N) is 1. The minimum atomic E-state index is -0.424. The fourth-order valence-corrected chi connectivity index (χ4v) is 3.91. The van der Waals surface area contributed by atoms with Gasteiger partial charge in [-0.05, 0) is 49.8 Å². The molecule has 0 saturated carbocycles. The molecule has 8 heteroatoms. The number of allylic oxidation sites excluding steroid dienone is 3. The van der Waals surface area contributed by atoms with Crippen LogP contribution in [-0.4, -0.2) is 42.3 Å². The lowest BCUT2D eigenvalue weighted by Crippen LogP contribution is -2.37. The van der Waals surface area contributed by atoms with Crippen LogP contribution in [0.2, 0.25) is 0 Å². The van der Waals surface area contributed by atoms with E-state index in [1.54, 1.807) is 18.5 Å². The zero-order valence-electron chi connectivity index (χ0n) is 20.8. The van der Waals surface area contributed by atoms with Gasteiger partial charge < -0.3 is 10.1 Å². The largest absolute Gasteiger partial charge is 0.501 e. The zero-order valence-corrected chi connectivity index (χ0v) is 23.2. The van der Waals surface area contributed by atoms with Crippen LogP contribution in [0.4, 0.5) is 0 Å². The average molecular weight is 568 g/mol. The number of unbranched alkanes of at least 4 members (excludes halogenated alkanes) is 1. The maximum Gasteiger partial charge on any atom is 0.257 e. The summed E-state index contributed by atoms with van der Waals surface area (Å²) in [6.07, 6.45) is 14.7. The number of hydrogen-bond donors (Lipinski definition) is 1. The van der Waals surface area contributed by atoms with Crippen LogP contribution in [0.15, 0.2) is 47.2 Å². The van der Waals surface area contributed by atoms with Crippen LogP contribution in [0.5, 0.6) is 0 Å². The highest BCUT2D eigenvalue weighted by atomic mass is 79.9. The Morgan fingerprint density at radius 2 is 2.09 bits per heavy atom. The molecule has 0 aromatic carbocycles. The second-order valence-corrected chi connectivity index (χ2v) is 9.05. The summed E-state index contributed by atoms with van der Waals surface area (Å²) in [4.78, 5) is 40.1. The average Bonchev–Trinajstić information content (AvgIpc) is 3.18. The van der Waals surface area contributed by atoms with Crippen molar-refractivity contribution < 1.29 is 19.1 Å². The molecule has 2 unspecified atom stereocenters. The van der Waals surface area contributed by atoms with Gasteiger partial charge in [0.05, 0.1) is 13.2 Å². The lowest BCUT2D eigenvalue weighted by Gasteiger charge is -2.18. The van der Waals surface area contributed by atoms with Crippen molar-refractivity contribution in [1.82, 2.24) is 10.2 Å². The summed E-state index contributed by atoms with van der Waals surface area (Å²) in [5.41, 5.74) is 2.93. The topological polar surface area (TPSA) is 75.7 Å². The number of ether oxygens (including phenoxy) is 1. The van der Waals surface area contributed by atoms with Gasteiger partial charge in [0.15, 0.2) is 0 Å². The number of methoxy groups -OCH3 is 1. The second kappa shape index (κ2) is 18.0. The number of halogens is 2. The SMILES string of the molecule is CO/C(=C/C(=O)N1C(=O)C=CC1C)CCNC(=O)CC/C=C/C(C)CC/C(=C/Cl)CCCC#CBr. The molecule has 0 spiro atoms. The summed E-state index contributed by atoms with van der Waals surface area (Å²) in [5.74, 6) is 2.99. The van der Waals surface area contributed by atoms with Crippen molar-refractivity contribution in [2.75, 3.05) is 13.7 Å². The molecule has 1 rings (SSSR count). The van der Waals surface area contributed by atoms with E-state index in [-0.39, 0.29) is 17.9 Å². The first-order chi connectivity index (χ1) is 16.8. The van der Waals surface area contributed by atoms with E-state index in [2.05, 4.69) is 45.0 Å². The van der Waals surface area contributed by atoms with Crippen molar-refractivity contribution >= 4 is 45.3 Å². The summed E-state index contributed by atoms with van der Waals surface area (Å²) in [6, 6.07) is -0.275. The van der Waals surface area contributed by atoms with Crippen LogP contribution in [0.1, 0.15) is 65.2 Å². The van der Waals surface area contributed by atoms with Gasteiger partial charge in [0.25, 0.3) is 11.8 Å². The Kier molecular flexibility index (Phi) is 15.8. The molecule has 0 aromatic rings. The van der Waals surface area contributed by atoms with Gasteiger partial charge in [-0.3, -0.25) is 19.3 Å². The molecule has 0 fully saturated rings. The molecule has 6 nitrogen and oxygen atoms in total. The molecule has 1 heterocycles. The van der Waals surface area contributed by atoms with Gasteiger partial charge in [0.1, 0.15) is 5.76 Å². The molecule has 3 amide bonds. The first kappa shape index (κ1) is 30.7. The number of imide groups is 1. The van der Waals surface area contributed by atoms with Crippen LogP contribution >= 0.6 is 27.5 Å². The summed E-state index contributed by atoms with van der Waals surface area (Å²) < 4.78 is 5.24. The number of amides is 3. The van der Waals surface area contributed by atoms with Gasteiger partial charge in [0, 0.05) is 59.4 Å². The van der Waals surface area contributed by atoms with Crippen molar-refractivity contribution in [1.29, 1.82) is 0 Å². The van der Waals surface area contributed by atoms with Crippen molar-refractivity contribution in [3.63, 3.8) is 0 Å². The van der Waals surface area contributed by atoms with Crippen LogP contribution in [0, 0.1) is 16.7 Å². The zero-order chi connectivity index (χ0) is 26.1. The lowest BCUT2D eigenvalue weighted by molar-refractivity contribution is -0.139. The number of rotatable bonds is 15. The molecule has 2 atom stereocenters. The Bertz CT molecular complexity index is 899. The van der Waals surface area contributed by atoms with Gasteiger partial charge in [-0.2, -0.15) is 0 Å². The molecule has 1 aliphatic rings. The normalized spacial score (nSPS) is 16.9. The predicted molar refractivity (Wildman–Crippen MR) is 144 cm³/mol. The maximum absolute atomic E-state index is 12.3. The first-order valence-corrected chi connectivity index (χ1v) is 13.1. The van der Waals surface area contributed by atoms with Gasteiger partial charge in [-0.15, -0.1) is 0 Å². The van der Waals surface area contributed by atoms with E-state index in [0.29, 0.717) is 37.5 Å². The molecule has 0 saturated heterocycles. The van der Waals surface area contributed by atoms with Crippen molar-refractivity contribution in [2.24, 2.45) is 5.92 Å². The minimum absolute atomic E-state index is 0.0597. The third-order valence-corrected chi connectivity index (χ3v) is 6.17. The smallest absolute Gasteiger partial charge is 0.257 e. The monoisotopic (exact) mass is 566 g/mol. The molecule has 0 radical (unpaired) electrons. The summed E-state index contributed by atoms with van der Waals surface area (Å²) in [5, 5.41) is 2.84. The maximum atomic E-state index is 12.3. The molecule has 35 heavy (non-hydrogen) atoms. The van der Waals surface area contributed by atoms with E-state index in [9.17, 15) is 14.4 Å². The minimum Gasteiger partial charge on any atom is -0.501 e.